The lowest BCUT2D eigenvalue weighted by Gasteiger charge is -2.42. The molecular weight excluding hydrogens is 402 g/mol. The highest BCUT2D eigenvalue weighted by molar-refractivity contribution is 7.09. The predicted octanol–water partition coefficient (Wildman–Crippen LogP) is 3.66. The first-order valence-corrected chi connectivity index (χ1v) is 10.4. The van der Waals surface area contributed by atoms with Crippen LogP contribution in [0, 0.1) is 0 Å². The quantitative estimate of drug-likeness (QED) is 0.564. The van der Waals surface area contributed by atoms with Crippen molar-refractivity contribution in [3.63, 3.8) is 0 Å². The maximum absolute atomic E-state index is 13.3. The number of urea groups is 1. The van der Waals surface area contributed by atoms with E-state index in [1.807, 2.05) is 24.4 Å². The molecule has 2 heterocycles. The van der Waals surface area contributed by atoms with Gasteiger partial charge in [-0.05, 0) is 48.7 Å². The van der Waals surface area contributed by atoms with Crippen molar-refractivity contribution in [2.45, 2.75) is 19.2 Å². The van der Waals surface area contributed by atoms with Gasteiger partial charge in [-0.25, -0.2) is 4.79 Å². The number of aliphatic hydroxyl groups is 1. The first-order valence-electron chi connectivity index (χ1n) is 9.50. The maximum atomic E-state index is 13.3. The minimum Gasteiger partial charge on any atom is -0.494 e. The molecule has 0 bridgehead atoms. The predicted molar refractivity (Wildman–Crippen MR) is 116 cm³/mol. The van der Waals surface area contributed by atoms with Gasteiger partial charge >= 0.3 is 6.03 Å². The van der Waals surface area contributed by atoms with Crippen molar-refractivity contribution < 1.29 is 19.4 Å². The topological polar surface area (TPSA) is 90.9 Å². The van der Waals surface area contributed by atoms with Crippen molar-refractivity contribution >= 4 is 34.6 Å². The molecule has 1 aromatic heterocycles. The van der Waals surface area contributed by atoms with Crippen molar-refractivity contribution in [3.05, 3.63) is 76.5 Å². The highest BCUT2D eigenvalue weighted by Crippen LogP contribution is 2.40. The van der Waals surface area contributed by atoms with Crippen molar-refractivity contribution in [2.24, 2.45) is 0 Å². The van der Waals surface area contributed by atoms with E-state index in [-0.39, 0.29) is 6.54 Å². The Hall–Kier alpha value is -3.36. The van der Waals surface area contributed by atoms with Crippen LogP contribution in [0.5, 0.6) is 5.75 Å². The first-order chi connectivity index (χ1) is 14.5. The molecule has 0 saturated heterocycles. The van der Waals surface area contributed by atoms with Gasteiger partial charge in [-0.1, -0.05) is 24.3 Å². The summed E-state index contributed by atoms with van der Waals surface area (Å²) < 4.78 is 5.45. The van der Waals surface area contributed by atoms with E-state index in [2.05, 4.69) is 10.6 Å². The summed E-state index contributed by atoms with van der Waals surface area (Å²) in [6, 6.07) is 16.5. The number of nitrogens with zero attached hydrogens (tertiary/aromatic N) is 1. The highest BCUT2D eigenvalue weighted by Gasteiger charge is 2.51. The van der Waals surface area contributed by atoms with E-state index < -0.39 is 17.7 Å². The molecule has 2 aromatic carbocycles. The molecule has 7 nitrogen and oxygen atoms in total. The summed E-state index contributed by atoms with van der Waals surface area (Å²) in [6.07, 6.45) is 0. The van der Waals surface area contributed by atoms with E-state index >= 15 is 0 Å². The summed E-state index contributed by atoms with van der Waals surface area (Å²) >= 11 is 1.50. The van der Waals surface area contributed by atoms with Gasteiger partial charge in [0, 0.05) is 16.1 Å². The average molecular weight is 423 g/mol. The van der Waals surface area contributed by atoms with Gasteiger partial charge in [0.15, 0.2) is 0 Å². The number of hydrogen-bond donors (Lipinski definition) is 3. The van der Waals surface area contributed by atoms with Crippen molar-refractivity contribution in [2.75, 3.05) is 16.8 Å². The van der Waals surface area contributed by atoms with Crippen LogP contribution in [0.3, 0.4) is 0 Å². The fourth-order valence-electron chi connectivity index (χ4n) is 3.42. The normalized spacial score (nSPS) is 17.8. The Kier molecular flexibility index (Phi) is 5.43. The van der Waals surface area contributed by atoms with Crippen molar-refractivity contribution in [1.82, 2.24) is 5.32 Å². The monoisotopic (exact) mass is 423 g/mol. The van der Waals surface area contributed by atoms with Crippen LogP contribution in [-0.4, -0.2) is 23.7 Å². The molecule has 30 heavy (non-hydrogen) atoms. The molecule has 1 aliphatic rings. The largest absolute Gasteiger partial charge is 0.494 e. The lowest BCUT2D eigenvalue weighted by molar-refractivity contribution is -0.140. The number of rotatable bonds is 6. The van der Waals surface area contributed by atoms with Gasteiger partial charge in [0.25, 0.3) is 11.6 Å². The van der Waals surface area contributed by atoms with Crippen LogP contribution in [0.15, 0.2) is 66.0 Å². The molecule has 3 aromatic rings. The summed E-state index contributed by atoms with van der Waals surface area (Å²) in [7, 11) is 0. The smallest absolute Gasteiger partial charge is 0.329 e. The molecule has 0 fully saturated rings. The Labute approximate surface area is 177 Å². The lowest BCUT2D eigenvalue weighted by atomic mass is 9.95. The molecule has 0 radical (unpaired) electrons. The van der Waals surface area contributed by atoms with Gasteiger partial charge in [-0.3, -0.25) is 9.69 Å². The fraction of sp³-hybridized carbons (Fsp3) is 0.182. The number of para-hydroxylation sites is 1. The zero-order valence-corrected chi connectivity index (χ0v) is 17.1. The number of anilines is 2. The standard InChI is InChI=1S/C22H21N3O4S/c1-2-29-16-11-9-15(10-12-16)25-21(27)24-19-8-4-3-7-18(19)22(25,28)20(26)23-14-17-6-5-13-30-17/h3-13,28H,2,14H2,1H3,(H,23,26)(H,24,27)/t22-/m0/s1. The van der Waals surface area contributed by atoms with Crippen LogP contribution in [0.1, 0.15) is 17.4 Å². The molecule has 0 saturated carbocycles. The molecule has 154 valence electrons. The Balaban J connectivity index is 1.74. The number of carbonyl (C=O) groups is 2. The average Bonchev–Trinajstić information content (AvgIpc) is 3.27. The van der Waals surface area contributed by atoms with Gasteiger partial charge in [0.2, 0.25) is 0 Å². The van der Waals surface area contributed by atoms with Gasteiger partial charge < -0.3 is 20.5 Å². The summed E-state index contributed by atoms with van der Waals surface area (Å²) in [6.45, 7) is 2.63. The Morgan fingerprint density at radius 2 is 1.93 bits per heavy atom. The molecule has 0 spiro atoms. The third-order valence-corrected chi connectivity index (χ3v) is 5.67. The third-order valence-electron chi connectivity index (χ3n) is 4.80. The van der Waals surface area contributed by atoms with Gasteiger partial charge in [0.1, 0.15) is 5.75 Å². The second-order valence-corrected chi connectivity index (χ2v) is 7.70. The zero-order valence-electron chi connectivity index (χ0n) is 16.3. The van der Waals surface area contributed by atoms with E-state index in [1.165, 1.54) is 11.3 Å². The number of amides is 3. The summed E-state index contributed by atoms with van der Waals surface area (Å²) in [4.78, 5) is 28.2. The van der Waals surface area contributed by atoms with E-state index in [9.17, 15) is 14.7 Å². The van der Waals surface area contributed by atoms with Crippen molar-refractivity contribution in [3.8, 4) is 5.75 Å². The Bertz CT molecular complexity index is 1050. The molecule has 0 unspecified atom stereocenters. The maximum Gasteiger partial charge on any atom is 0.329 e. The number of benzene rings is 2. The lowest BCUT2D eigenvalue weighted by Crippen LogP contribution is -2.62. The SMILES string of the molecule is CCOc1ccc(N2C(=O)Nc3ccccc3[C@]2(O)C(=O)NCc2cccs2)cc1. The van der Waals surface area contributed by atoms with E-state index in [4.69, 9.17) is 4.74 Å². The highest BCUT2D eigenvalue weighted by atomic mass is 32.1. The van der Waals surface area contributed by atoms with E-state index in [0.717, 1.165) is 9.78 Å². The van der Waals surface area contributed by atoms with E-state index in [0.29, 0.717) is 29.3 Å². The number of carbonyl (C=O) groups excluding carboxylic acids is 2. The number of thiophene rings is 1. The Morgan fingerprint density at radius 1 is 1.17 bits per heavy atom. The van der Waals surface area contributed by atoms with Crippen LogP contribution in [-0.2, 0) is 17.1 Å². The van der Waals surface area contributed by atoms with Gasteiger partial charge in [-0.2, -0.15) is 0 Å². The zero-order chi connectivity index (χ0) is 21.1. The number of nitrogens with one attached hydrogen (secondary N) is 2. The minimum atomic E-state index is -2.22. The van der Waals surface area contributed by atoms with Gasteiger partial charge in [0.05, 0.1) is 18.8 Å². The molecular formula is C22H21N3O4S. The number of hydrogen-bond acceptors (Lipinski definition) is 5. The summed E-state index contributed by atoms with van der Waals surface area (Å²) in [5, 5.41) is 19.1. The van der Waals surface area contributed by atoms with Crippen LogP contribution >= 0.6 is 11.3 Å². The molecule has 1 aliphatic heterocycles. The number of fused-ring (bicyclic) bond motifs is 1. The van der Waals surface area contributed by atoms with Crippen LogP contribution < -0.4 is 20.3 Å². The minimum absolute atomic E-state index is 0.250. The van der Waals surface area contributed by atoms with Crippen LogP contribution in [0.2, 0.25) is 0 Å². The summed E-state index contributed by atoms with van der Waals surface area (Å²) in [5.74, 6) is -0.0585. The molecule has 8 heteroatoms. The molecule has 3 amide bonds. The van der Waals surface area contributed by atoms with Crippen molar-refractivity contribution in [1.29, 1.82) is 0 Å². The second kappa shape index (κ2) is 8.17. The molecule has 4 rings (SSSR count). The third kappa shape index (κ3) is 3.51. The molecule has 0 aliphatic carbocycles. The number of ether oxygens (including phenoxy) is 1. The second-order valence-electron chi connectivity index (χ2n) is 6.67. The van der Waals surface area contributed by atoms with E-state index in [1.54, 1.807) is 48.5 Å². The van der Waals surface area contributed by atoms with Crippen LogP contribution in [0.25, 0.3) is 0 Å². The fourth-order valence-corrected chi connectivity index (χ4v) is 4.07. The molecule has 1 atom stereocenters. The molecule has 3 N–H and O–H groups in total. The van der Waals surface area contributed by atoms with Gasteiger partial charge in [-0.15, -0.1) is 11.3 Å². The van der Waals surface area contributed by atoms with Crippen LogP contribution in [0.4, 0.5) is 16.2 Å². The first kappa shape index (κ1) is 19.9. The Morgan fingerprint density at radius 3 is 2.63 bits per heavy atom. The summed E-state index contributed by atoms with van der Waals surface area (Å²) in [5.41, 5.74) is -1.18.